The highest BCUT2D eigenvalue weighted by Gasteiger charge is 2.38. The lowest BCUT2D eigenvalue weighted by Crippen LogP contribution is -2.26. The number of nitrogen functional groups attached to an aromatic ring is 2. The van der Waals surface area contributed by atoms with E-state index < -0.39 is 0 Å². The van der Waals surface area contributed by atoms with Crippen LogP contribution < -0.4 is 22.1 Å². The number of carbonyl (C=O) groups excluding carboxylic acids is 2. The van der Waals surface area contributed by atoms with E-state index in [4.69, 9.17) is 11.5 Å². The van der Waals surface area contributed by atoms with E-state index in [1.165, 1.54) is 0 Å². The summed E-state index contributed by atoms with van der Waals surface area (Å²) in [5, 5.41) is 5.92. The van der Waals surface area contributed by atoms with E-state index in [-0.39, 0.29) is 45.2 Å². The van der Waals surface area contributed by atoms with Crippen LogP contribution in [0.1, 0.15) is 31.8 Å². The summed E-state index contributed by atoms with van der Waals surface area (Å²) in [6.45, 7) is 0. The van der Waals surface area contributed by atoms with Gasteiger partial charge in [-0.1, -0.05) is 0 Å². The molecular formula is C16H14Br2N4O2. The van der Waals surface area contributed by atoms with Gasteiger partial charge in [-0.15, -0.1) is 0 Å². The summed E-state index contributed by atoms with van der Waals surface area (Å²) in [6.07, 6.45) is 0. The van der Waals surface area contributed by atoms with Crippen LogP contribution in [-0.2, 0) is 0 Å². The van der Waals surface area contributed by atoms with Gasteiger partial charge in [0.05, 0.1) is 33.6 Å². The SMILES string of the molecule is CNc1c(Br)cc(N)c2c1C(=O)c1c(NC)c(Br)cc(N)c1C2=O. The van der Waals surface area contributed by atoms with E-state index in [9.17, 15) is 9.59 Å². The first-order valence-electron chi connectivity index (χ1n) is 7.02. The van der Waals surface area contributed by atoms with Gasteiger partial charge in [0.2, 0.25) is 0 Å². The molecule has 0 aromatic heterocycles. The third-order valence-electron chi connectivity index (χ3n) is 4.03. The first-order valence-corrected chi connectivity index (χ1v) is 8.60. The number of fused-ring (bicyclic) bond motifs is 2. The van der Waals surface area contributed by atoms with Crippen molar-refractivity contribution in [2.45, 2.75) is 0 Å². The largest absolute Gasteiger partial charge is 0.398 e. The number of rotatable bonds is 2. The van der Waals surface area contributed by atoms with Gasteiger partial charge in [-0.25, -0.2) is 0 Å². The van der Waals surface area contributed by atoms with Crippen molar-refractivity contribution in [3.8, 4) is 0 Å². The molecule has 24 heavy (non-hydrogen) atoms. The molecule has 2 aromatic carbocycles. The summed E-state index contributed by atoms with van der Waals surface area (Å²) in [7, 11) is 3.36. The highest BCUT2D eigenvalue weighted by molar-refractivity contribution is 9.11. The Kier molecular flexibility index (Phi) is 4.05. The second-order valence-electron chi connectivity index (χ2n) is 5.30. The zero-order chi connectivity index (χ0) is 17.8. The average Bonchev–Trinajstić information content (AvgIpc) is 2.51. The predicted octanol–water partition coefficient (Wildman–Crippen LogP) is 3.23. The summed E-state index contributed by atoms with van der Waals surface area (Å²) in [5.74, 6) is -0.670. The van der Waals surface area contributed by atoms with E-state index in [1.54, 1.807) is 26.2 Å². The number of nitrogens with two attached hydrogens (primary N) is 2. The molecule has 0 amide bonds. The molecule has 1 aliphatic rings. The molecule has 0 bridgehead atoms. The molecule has 0 saturated heterocycles. The lowest BCUT2D eigenvalue weighted by molar-refractivity contribution is 0.0981. The van der Waals surface area contributed by atoms with Crippen LogP contribution in [0, 0.1) is 0 Å². The maximum atomic E-state index is 13.2. The first-order chi connectivity index (χ1) is 11.3. The third-order valence-corrected chi connectivity index (χ3v) is 5.28. The van der Waals surface area contributed by atoms with E-state index >= 15 is 0 Å². The summed E-state index contributed by atoms with van der Waals surface area (Å²) in [5.41, 5.74) is 14.4. The number of halogens is 2. The molecule has 6 nitrogen and oxygen atoms in total. The molecule has 0 unspecified atom stereocenters. The van der Waals surface area contributed by atoms with Crippen molar-refractivity contribution in [2.24, 2.45) is 0 Å². The maximum Gasteiger partial charge on any atom is 0.198 e. The number of ketones is 2. The number of anilines is 4. The molecule has 124 valence electrons. The molecule has 6 N–H and O–H groups in total. The van der Waals surface area contributed by atoms with Crippen LogP contribution >= 0.6 is 31.9 Å². The Morgan fingerprint density at radius 1 is 0.750 bits per heavy atom. The summed E-state index contributed by atoms with van der Waals surface area (Å²) >= 11 is 6.77. The molecule has 8 heteroatoms. The van der Waals surface area contributed by atoms with Crippen LogP contribution in [-0.4, -0.2) is 25.7 Å². The van der Waals surface area contributed by atoms with Crippen LogP contribution in [0.15, 0.2) is 21.1 Å². The molecule has 0 aliphatic heterocycles. The van der Waals surface area contributed by atoms with Crippen LogP contribution in [0.5, 0.6) is 0 Å². The molecule has 2 aromatic rings. The topological polar surface area (TPSA) is 110 Å². The van der Waals surface area contributed by atoms with Gasteiger partial charge in [0.15, 0.2) is 11.6 Å². The van der Waals surface area contributed by atoms with Crippen molar-refractivity contribution < 1.29 is 9.59 Å². The minimum absolute atomic E-state index is 0.177. The fourth-order valence-corrected chi connectivity index (χ4v) is 4.31. The number of nitrogens with one attached hydrogen (secondary N) is 2. The van der Waals surface area contributed by atoms with Gasteiger partial charge in [-0.2, -0.15) is 0 Å². The highest BCUT2D eigenvalue weighted by Crippen LogP contribution is 2.44. The fourth-order valence-electron chi connectivity index (χ4n) is 3.02. The fraction of sp³-hybridized carbons (Fsp3) is 0.125. The standard InChI is InChI=1S/C16H14Br2N4O2/c1-21-13-5(17)3-7(19)9-11(13)16(24)12-10(15(9)23)8(20)4-6(18)14(12)22-2/h3-4,21-22H,19-20H2,1-2H3. The summed E-state index contributed by atoms with van der Waals surface area (Å²) in [6, 6.07) is 3.21. The molecule has 3 rings (SSSR count). The van der Waals surface area contributed by atoms with Crippen LogP contribution in [0.25, 0.3) is 0 Å². The van der Waals surface area contributed by atoms with E-state index in [1.807, 2.05) is 0 Å². The molecule has 0 saturated carbocycles. The van der Waals surface area contributed by atoms with Crippen LogP contribution in [0.3, 0.4) is 0 Å². The first kappa shape index (κ1) is 16.8. The number of hydrogen-bond acceptors (Lipinski definition) is 6. The zero-order valence-corrected chi connectivity index (χ0v) is 16.1. The molecular weight excluding hydrogens is 440 g/mol. The smallest absolute Gasteiger partial charge is 0.198 e. The van der Waals surface area contributed by atoms with Gasteiger partial charge in [-0.3, -0.25) is 9.59 Å². The second-order valence-corrected chi connectivity index (χ2v) is 7.01. The minimum Gasteiger partial charge on any atom is -0.398 e. The van der Waals surface area contributed by atoms with Gasteiger partial charge in [0, 0.05) is 34.4 Å². The summed E-state index contributed by atoms with van der Waals surface area (Å²) in [4.78, 5) is 26.3. The third kappa shape index (κ3) is 2.13. The quantitative estimate of drug-likeness (QED) is 0.443. The van der Waals surface area contributed by atoms with Gasteiger partial charge < -0.3 is 22.1 Å². The molecule has 0 fully saturated rings. The van der Waals surface area contributed by atoms with E-state index in [2.05, 4.69) is 42.5 Å². The second kappa shape index (κ2) is 5.78. The van der Waals surface area contributed by atoms with Crippen molar-refractivity contribution >= 4 is 66.2 Å². The van der Waals surface area contributed by atoms with Gasteiger partial charge in [-0.05, 0) is 44.0 Å². The lowest BCUT2D eigenvalue weighted by atomic mass is 9.80. The molecule has 0 radical (unpaired) electrons. The highest BCUT2D eigenvalue weighted by atomic mass is 79.9. The normalized spacial score (nSPS) is 12.7. The molecule has 1 aliphatic carbocycles. The predicted molar refractivity (Wildman–Crippen MR) is 103 cm³/mol. The Labute approximate surface area is 155 Å². The number of carbonyl (C=O) groups is 2. The van der Waals surface area contributed by atoms with Crippen LogP contribution in [0.4, 0.5) is 22.7 Å². The average molecular weight is 454 g/mol. The Morgan fingerprint density at radius 2 is 1.08 bits per heavy atom. The molecule has 0 atom stereocenters. The van der Waals surface area contributed by atoms with E-state index in [0.717, 1.165) is 0 Å². The van der Waals surface area contributed by atoms with Gasteiger partial charge >= 0.3 is 0 Å². The molecule has 0 spiro atoms. The van der Waals surface area contributed by atoms with Crippen molar-refractivity contribution in [1.82, 2.24) is 0 Å². The number of hydrogen-bond donors (Lipinski definition) is 4. The van der Waals surface area contributed by atoms with Crippen molar-refractivity contribution in [3.63, 3.8) is 0 Å². The lowest BCUT2D eigenvalue weighted by Gasteiger charge is -2.25. The van der Waals surface area contributed by atoms with Crippen molar-refractivity contribution in [2.75, 3.05) is 36.2 Å². The van der Waals surface area contributed by atoms with E-state index in [0.29, 0.717) is 20.3 Å². The Morgan fingerprint density at radius 3 is 1.42 bits per heavy atom. The zero-order valence-electron chi connectivity index (χ0n) is 12.9. The maximum absolute atomic E-state index is 13.2. The van der Waals surface area contributed by atoms with Gasteiger partial charge in [0.25, 0.3) is 0 Å². The van der Waals surface area contributed by atoms with Crippen molar-refractivity contribution in [3.05, 3.63) is 43.3 Å². The van der Waals surface area contributed by atoms with Crippen molar-refractivity contribution in [1.29, 1.82) is 0 Å². The molecule has 0 heterocycles. The Hall–Kier alpha value is -2.06. The minimum atomic E-state index is -0.359. The monoisotopic (exact) mass is 452 g/mol. The Balaban J connectivity index is 2.48. The van der Waals surface area contributed by atoms with Gasteiger partial charge in [0.1, 0.15) is 0 Å². The number of benzene rings is 2. The summed E-state index contributed by atoms with van der Waals surface area (Å²) < 4.78 is 1.22. The van der Waals surface area contributed by atoms with Crippen LogP contribution in [0.2, 0.25) is 0 Å². The Bertz CT molecular complexity index is 854.